The number of sulfonamides is 1. The summed E-state index contributed by atoms with van der Waals surface area (Å²) in [5, 5.41) is 1.30. The molecule has 0 bridgehead atoms. The lowest BCUT2D eigenvalue weighted by Crippen LogP contribution is -2.20. The first-order chi connectivity index (χ1) is 14.9. The first-order valence-electron chi connectivity index (χ1n) is 9.80. The lowest BCUT2D eigenvalue weighted by molar-refractivity contribution is 0.319. The van der Waals surface area contributed by atoms with Crippen LogP contribution in [0.2, 0.25) is 5.02 Å². The van der Waals surface area contributed by atoms with Crippen LogP contribution in [-0.2, 0) is 23.1 Å². The molecule has 0 fully saturated rings. The second-order valence-corrected chi connectivity index (χ2v) is 9.47. The molecular weight excluding hydrogens is 430 g/mol. The van der Waals surface area contributed by atoms with E-state index >= 15 is 0 Å². The summed E-state index contributed by atoms with van der Waals surface area (Å²) in [6.07, 6.45) is 1.65. The van der Waals surface area contributed by atoms with Crippen molar-refractivity contribution in [1.29, 1.82) is 0 Å². The minimum Gasteiger partial charge on any atom is -0.298 e. The van der Waals surface area contributed by atoms with Crippen LogP contribution in [0.1, 0.15) is 11.1 Å². The Labute approximate surface area is 187 Å². The van der Waals surface area contributed by atoms with E-state index < -0.39 is 10.0 Å². The molecule has 0 aliphatic carbocycles. The molecule has 0 saturated carbocycles. The number of benzene rings is 3. The highest BCUT2D eigenvalue weighted by molar-refractivity contribution is 7.93. The number of anilines is 1. The molecule has 0 aliphatic rings. The van der Waals surface area contributed by atoms with Crippen LogP contribution in [0.4, 0.5) is 5.69 Å². The summed E-state index contributed by atoms with van der Waals surface area (Å²) >= 11 is 5.96. The van der Waals surface area contributed by atoms with Gasteiger partial charge in [0, 0.05) is 29.7 Å². The topological polar surface area (TPSA) is 62.3 Å². The zero-order chi connectivity index (χ0) is 21.8. The van der Waals surface area contributed by atoms with E-state index in [1.54, 1.807) is 42.6 Å². The summed E-state index contributed by atoms with van der Waals surface area (Å²) in [4.78, 5) is 6.59. The van der Waals surface area contributed by atoms with Crippen molar-refractivity contribution in [3.05, 3.63) is 101 Å². The Kier molecular flexibility index (Phi) is 6.23. The SMILES string of the molecule is CN(Cc1ccc(Cl)cc1)Cc1ccccc1NS(=O)(=O)c1cccc2ncccc12. The van der Waals surface area contributed by atoms with Gasteiger partial charge in [0.2, 0.25) is 0 Å². The summed E-state index contributed by atoms with van der Waals surface area (Å²) in [5.41, 5.74) is 3.22. The van der Waals surface area contributed by atoms with Crippen molar-refractivity contribution in [2.24, 2.45) is 0 Å². The van der Waals surface area contributed by atoms with E-state index in [4.69, 9.17) is 11.6 Å². The van der Waals surface area contributed by atoms with Crippen LogP contribution < -0.4 is 4.72 Å². The molecule has 31 heavy (non-hydrogen) atoms. The maximum Gasteiger partial charge on any atom is 0.262 e. The average Bonchev–Trinajstić information content (AvgIpc) is 2.76. The predicted octanol–water partition coefficient (Wildman–Crippen LogP) is 5.32. The van der Waals surface area contributed by atoms with E-state index in [9.17, 15) is 8.42 Å². The number of hydrogen-bond acceptors (Lipinski definition) is 4. The van der Waals surface area contributed by atoms with Crippen LogP contribution >= 0.6 is 11.6 Å². The van der Waals surface area contributed by atoms with E-state index in [0.717, 1.165) is 11.1 Å². The number of rotatable bonds is 7. The van der Waals surface area contributed by atoms with Gasteiger partial charge >= 0.3 is 0 Å². The average molecular weight is 452 g/mol. The normalized spacial score (nSPS) is 11.7. The Morgan fingerprint density at radius 1 is 0.903 bits per heavy atom. The molecule has 4 rings (SSSR count). The largest absolute Gasteiger partial charge is 0.298 e. The van der Waals surface area contributed by atoms with Crippen LogP contribution in [0.15, 0.2) is 90.0 Å². The number of para-hydroxylation sites is 1. The fourth-order valence-corrected chi connectivity index (χ4v) is 4.96. The van der Waals surface area contributed by atoms with Gasteiger partial charge in [0.15, 0.2) is 0 Å². The minimum atomic E-state index is -3.79. The lowest BCUT2D eigenvalue weighted by Gasteiger charge is -2.20. The van der Waals surface area contributed by atoms with Crippen molar-refractivity contribution >= 4 is 38.2 Å². The molecule has 4 aromatic rings. The quantitative estimate of drug-likeness (QED) is 0.413. The molecule has 0 saturated heterocycles. The number of aromatic nitrogens is 1. The molecule has 0 aliphatic heterocycles. The van der Waals surface area contributed by atoms with E-state index in [1.807, 2.05) is 49.5 Å². The van der Waals surface area contributed by atoms with Crippen LogP contribution in [0.25, 0.3) is 10.9 Å². The maximum absolute atomic E-state index is 13.2. The fourth-order valence-electron chi connectivity index (χ4n) is 3.52. The second-order valence-electron chi connectivity index (χ2n) is 7.39. The van der Waals surface area contributed by atoms with Crippen molar-refractivity contribution in [2.75, 3.05) is 11.8 Å². The lowest BCUT2D eigenvalue weighted by atomic mass is 10.1. The molecular formula is C24H22ClN3O2S. The number of nitrogens with zero attached hydrogens (tertiary/aromatic N) is 2. The number of fused-ring (bicyclic) bond motifs is 1. The molecule has 7 heteroatoms. The summed E-state index contributed by atoms with van der Waals surface area (Å²) in [5.74, 6) is 0. The number of hydrogen-bond donors (Lipinski definition) is 1. The molecule has 1 aromatic heterocycles. The van der Waals surface area contributed by atoms with Crippen molar-refractivity contribution in [3.63, 3.8) is 0 Å². The van der Waals surface area contributed by atoms with E-state index in [2.05, 4.69) is 14.6 Å². The first-order valence-corrected chi connectivity index (χ1v) is 11.7. The van der Waals surface area contributed by atoms with E-state index in [1.165, 1.54) is 0 Å². The molecule has 3 aromatic carbocycles. The van der Waals surface area contributed by atoms with Crippen LogP contribution in [-0.4, -0.2) is 25.3 Å². The van der Waals surface area contributed by atoms with Gasteiger partial charge in [-0.2, -0.15) is 0 Å². The first kappa shape index (κ1) is 21.3. The van der Waals surface area contributed by atoms with Gasteiger partial charge in [-0.15, -0.1) is 0 Å². The van der Waals surface area contributed by atoms with Gasteiger partial charge in [-0.05, 0) is 60.6 Å². The third kappa shape index (κ3) is 5.05. The zero-order valence-electron chi connectivity index (χ0n) is 17.0. The minimum absolute atomic E-state index is 0.211. The Morgan fingerprint density at radius 3 is 2.48 bits per heavy atom. The van der Waals surface area contributed by atoms with Gasteiger partial charge in [-0.1, -0.05) is 48.0 Å². The number of halogens is 1. The van der Waals surface area contributed by atoms with Gasteiger partial charge < -0.3 is 0 Å². The molecule has 0 radical (unpaired) electrons. The Hall–Kier alpha value is -2.93. The summed E-state index contributed by atoms with van der Waals surface area (Å²) < 4.78 is 29.2. The summed E-state index contributed by atoms with van der Waals surface area (Å²) in [7, 11) is -1.79. The monoisotopic (exact) mass is 451 g/mol. The van der Waals surface area contributed by atoms with E-state index in [-0.39, 0.29) is 4.90 Å². The van der Waals surface area contributed by atoms with Gasteiger partial charge in [-0.3, -0.25) is 14.6 Å². The van der Waals surface area contributed by atoms with Crippen LogP contribution in [0.5, 0.6) is 0 Å². The third-order valence-corrected chi connectivity index (χ3v) is 6.64. The molecule has 0 unspecified atom stereocenters. The fraction of sp³-hybridized carbons (Fsp3) is 0.125. The van der Waals surface area contributed by atoms with Gasteiger partial charge in [0.25, 0.3) is 10.0 Å². The van der Waals surface area contributed by atoms with Gasteiger partial charge in [-0.25, -0.2) is 8.42 Å². The Bertz CT molecular complexity index is 1300. The predicted molar refractivity (Wildman–Crippen MR) is 126 cm³/mol. The van der Waals surface area contributed by atoms with Gasteiger partial charge in [0.1, 0.15) is 0 Å². The summed E-state index contributed by atoms with van der Waals surface area (Å²) in [6, 6.07) is 23.8. The highest BCUT2D eigenvalue weighted by Crippen LogP contribution is 2.26. The van der Waals surface area contributed by atoms with Crippen LogP contribution in [0, 0.1) is 0 Å². The highest BCUT2D eigenvalue weighted by atomic mass is 35.5. The molecule has 158 valence electrons. The second kappa shape index (κ2) is 9.06. The molecule has 1 heterocycles. The Balaban J connectivity index is 1.57. The van der Waals surface area contributed by atoms with Crippen molar-refractivity contribution < 1.29 is 8.42 Å². The third-order valence-electron chi connectivity index (χ3n) is 4.96. The maximum atomic E-state index is 13.2. The van der Waals surface area contributed by atoms with Crippen molar-refractivity contribution in [1.82, 2.24) is 9.88 Å². The Morgan fingerprint density at radius 2 is 1.68 bits per heavy atom. The molecule has 0 amide bonds. The van der Waals surface area contributed by atoms with Crippen molar-refractivity contribution in [2.45, 2.75) is 18.0 Å². The van der Waals surface area contributed by atoms with Crippen molar-refractivity contribution in [3.8, 4) is 0 Å². The standard InChI is InChI=1S/C24H22ClN3O2S/c1-28(16-18-11-13-20(25)14-12-18)17-19-6-2-3-8-22(19)27-31(29,30)24-10-4-9-23-21(24)7-5-15-26-23/h2-15,27H,16-17H2,1H3. The van der Waals surface area contributed by atoms with E-state index in [0.29, 0.717) is 34.7 Å². The summed E-state index contributed by atoms with van der Waals surface area (Å²) in [6.45, 7) is 1.30. The zero-order valence-corrected chi connectivity index (χ0v) is 18.6. The van der Waals surface area contributed by atoms with Crippen LogP contribution in [0.3, 0.4) is 0 Å². The smallest absolute Gasteiger partial charge is 0.262 e. The number of pyridine rings is 1. The number of nitrogens with one attached hydrogen (secondary N) is 1. The molecule has 5 nitrogen and oxygen atoms in total. The highest BCUT2D eigenvalue weighted by Gasteiger charge is 2.19. The molecule has 1 N–H and O–H groups in total. The van der Waals surface area contributed by atoms with Gasteiger partial charge in [0.05, 0.1) is 16.1 Å². The molecule has 0 atom stereocenters. The molecule has 0 spiro atoms.